The summed E-state index contributed by atoms with van der Waals surface area (Å²) in [4.78, 5) is 41.5. The van der Waals surface area contributed by atoms with Gasteiger partial charge >= 0.3 is 18.0 Å². The van der Waals surface area contributed by atoms with Crippen molar-refractivity contribution in [2.45, 2.75) is 45.1 Å². The Balaban J connectivity index is 1.74. The van der Waals surface area contributed by atoms with E-state index < -0.39 is 18.0 Å². The quantitative estimate of drug-likeness (QED) is 0.491. The summed E-state index contributed by atoms with van der Waals surface area (Å²) in [7, 11) is 0. The predicted octanol–water partition coefficient (Wildman–Crippen LogP) is 3.91. The van der Waals surface area contributed by atoms with Crippen LogP contribution in [0.15, 0.2) is 35.7 Å². The molecule has 0 atom stereocenters. The number of ether oxygens (including phenoxy) is 1. The number of hydrogen-bond acceptors (Lipinski definition) is 6. The zero-order valence-electron chi connectivity index (χ0n) is 16.7. The molecule has 1 aromatic heterocycles. The van der Waals surface area contributed by atoms with Crippen molar-refractivity contribution in [1.29, 1.82) is 0 Å². The summed E-state index contributed by atoms with van der Waals surface area (Å²) >= 11 is 1.06. The molecule has 1 aromatic carbocycles. The maximum atomic E-state index is 12.9. The first-order chi connectivity index (χ1) is 14.6. The minimum Gasteiger partial charge on any atom is -0.461 e. The number of hydrazine groups is 1. The second kappa shape index (κ2) is 10.6. The number of anilines is 2. The van der Waals surface area contributed by atoms with Crippen molar-refractivity contribution in [3.05, 3.63) is 41.4 Å². The molecule has 30 heavy (non-hydrogen) atoms. The summed E-state index contributed by atoms with van der Waals surface area (Å²) in [6.45, 7) is 1.92. The number of nitrogens with zero attached hydrogens (tertiary/aromatic N) is 2. The van der Waals surface area contributed by atoms with Crippen molar-refractivity contribution in [2.24, 2.45) is 0 Å². The van der Waals surface area contributed by atoms with Gasteiger partial charge in [-0.3, -0.25) is 0 Å². The molecule has 0 unspecified atom stereocenters. The Morgan fingerprint density at radius 1 is 1.17 bits per heavy atom. The number of urea groups is 2. The highest BCUT2D eigenvalue weighted by Crippen LogP contribution is 2.22. The van der Waals surface area contributed by atoms with E-state index >= 15 is 0 Å². The van der Waals surface area contributed by atoms with Crippen molar-refractivity contribution in [1.82, 2.24) is 15.7 Å². The van der Waals surface area contributed by atoms with Gasteiger partial charge in [0.2, 0.25) is 5.13 Å². The van der Waals surface area contributed by atoms with Crippen molar-refractivity contribution in [3.63, 3.8) is 0 Å². The molecule has 0 bridgehead atoms. The average molecular weight is 432 g/mol. The third-order valence-electron chi connectivity index (χ3n) is 4.55. The number of amides is 4. The van der Waals surface area contributed by atoms with Crippen LogP contribution in [0.3, 0.4) is 0 Å². The van der Waals surface area contributed by atoms with Gasteiger partial charge in [-0.2, -0.15) is 5.01 Å². The van der Waals surface area contributed by atoms with Gasteiger partial charge in [-0.05, 0) is 31.9 Å². The molecule has 1 aliphatic rings. The van der Waals surface area contributed by atoms with E-state index in [9.17, 15) is 14.4 Å². The van der Waals surface area contributed by atoms with Crippen LogP contribution in [0.25, 0.3) is 0 Å². The summed E-state index contributed by atoms with van der Waals surface area (Å²) in [5, 5.41) is 8.29. The lowest BCUT2D eigenvalue weighted by Gasteiger charge is -2.27. The van der Waals surface area contributed by atoms with Crippen molar-refractivity contribution >= 4 is 40.2 Å². The molecular formula is C20H25N5O4S. The van der Waals surface area contributed by atoms with Crippen LogP contribution in [0.4, 0.5) is 20.4 Å². The molecule has 0 radical (unpaired) electrons. The maximum Gasteiger partial charge on any atom is 0.357 e. The van der Waals surface area contributed by atoms with Gasteiger partial charge in [0.1, 0.15) is 0 Å². The fourth-order valence-electron chi connectivity index (χ4n) is 3.12. The Bertz CT molecular complexity index is 867. The van der Waals surface area contributed by atoms with Gasteiger partial charge < -0.3 is 15.4 Å². The van der Waals surface area contributed by atoms with E-state index in [4.69, 9.17) is 4.74 Å². The fourth-order valence-corrected chi connectivity index (χ4v) is 3.87. The first kappa shape index (κ1) is 21.6. The standard InChI is InChI=1S/C20H25N5O4S/c1-2-29-17(26)16-13-30-20(23-16)25(19(28)22-15-11-7-4-8-12-15)24-18(27)21-14-9-5-3-6-10-14/h3,5-6,9-10,13,15H,2,4,7-8,11-12H2,1H3,(H,22,28)(H2,21,24,27). The molecule has 10 heteroatoms. The maximum absolute atomic E-state index is 12.9. The van der Waals surface area contributed by atoms with Crippen LogP contribution in [-0.4, -0.2) is 35.7 Å². The van der Waals surface area contributed by atoms with Gasteiger partial charge in [-0.1, -0.05) is 37.5 Å². The lowest BCUT2D eigenvalue weighted by molar-refractivity contribution is 0.0520. The Morgan fingerprint density at radius 3 is 2.60 bits per heavy atom. The van der Waals surface area contributed by atoms with Crippen LogP contribution in [0.5, 0.6) is 0 Å². The van der Waals surface area contributed by atoms with Gasteiger partial charge in [0, 0.05) is 17.1 Å². The SMILES string of the molecule is CCOC(=O)c1csc(N(NC(=O)Nc2ccccc2)C(=O)NC2CCCCC2)n1. The molecule has 3 rings (SSSR count). The van der Waals surface area contributed by atoms with Gasteiger partial charge in [-0.15, -0.1) is 11.3 Å². The first-order valence-electron chi connectivity index (χ1n) is 9.92. The normalized spacial score (nSPS) is 13.9. The molecule has 2 aromatic rings. The highest BCUT2D eigenvalue weighted by Gasteiger charge is 2.26. The number of carbonyl (C=O) groups is 3. The zero-order chi connectivity index (χ0) is 21.3. The molecule has 1 heterocycles. The number of para-hydroxylation sites is 1. The summed E-state index contributed by atoms with van der Waals surface area (Å²) in [5.41, 5.74) is 3.18. The largest absolute Gasteiger partial charge is 0.461 e. The van der Waals surface area contributed by atoms with Crippen molar-refractivity contribution in [3.8, 4) is 0 Å². The lowest BCUT2D eigenvalue weighted by atomic mass is 9.96. The fraction of sp³-hybridized carbons (Fsp3) is 0.400. The first-order valence-corrected chi connectivity index (χ1v) is 10.8. The van der Waals surface area contributed by atoms with E-state index in [2.05, 4.69) is 21.0 Å². The molecular weight excluding hydrogens is 406 g/mol. The van der Waals surface area contributed by atoms with Crippen molar-refractivity contribution in [2.75, 3.05) is 16.9 Å². The minimum absolute atomic E-state index is 0.0391. The monoisotopic (exact) mass is 431 g/mol. The van der Waals surface area contributed by atoms with Gasteiger partial charge in [0.05, 0.1) is 6.61 Å². The molecule has 4 amide bonds. The second-order valence-electron chi connectivity index (χ2n) is 6.79. The van der Waals surface area contributed by atoms with Crippen LogP contribution in [0.2, 0.25) is 0 Å². The summed E-state index contributed by atoms with van der Waals surface area (Å²) in [6.07, 6.45) is 5.04. The van der Waals surface area contributed by atoms with E-state index in [0.717, 1.165) is 48.4 Å². The number of aromatic nitrogens is 1. The van der Waals surface area contributed by atoms with E-state index in [1.54, 1.807) is 31.2 Å². The summed E-state index contributed by atoms with van der Waals surface area (Å²) < 4.78 is 4.95. The van der Waals surface area contributed by atoms with Crippen LogP contribution in [0.1, 0.15) is 49.5 Å². The predicted molar refractivity (Wildman–Crippen MR) is 115 cm³/mol. The van der Waals surface area contributed by atoms with Gasteiger partial charge in [-0.25, -0.2) is 24.8 Å². The Morgan fingerprint density at radius 2 is 1.90 bits per heavy atom. The third-order valence-corrected chi connectivity index (χ3v) is 5.37. The number of carbonyl (C=O) groups excluding carboxylic acids is 3. The number of thiazole rings is 1. The van der Waals surface area contributed by atoms with E-state index in [1.165, 1.54) is 5.38 Å². The van der Waals surface area contributed by atoms with Crippen LogP contribution in [-0.2, 0) is 4.74 Å². The van der Waals surface area contributed by atoms with E-state index in [1.807, 2.05) is 6.07 Å². The van der Waals surface area contributed by atoms with Crippen LogP contribution < -0.4 is 21.1 Å². The lowest BCUT2D eigenvalue weighted by Crippen LogP contribution is -2.54. The molecule has 0 aliphatic heterocycles. The Hall–Kier alpha value is -3.14. The van der Waals surface area contributed by atoms with Gasteiger partial charge in [0.15, 0.2) is 5.69 Å². The minimum atomic E-state index is -0.604. The molecule has 1 saturated carbocycles. The Labute approximate surface area is 178 Å². The highest BCUT2D eigenvalue weighted by molar-refractivity contribution is 7.14. The van der Waals surface area contributed by atoms with Crippen molar-refractivity contribution < 1.29 is 19.1 Å². The average Bonchev–Trinajstić information content (AvgIpc) is 3.23. The second-order valence-corrected chi connectivity index (χ2v) is 7.62. The van der Waals surface area contributed by atoms with Crippen LogP contribution in [0, 0.1) is 0 Å². The Kier molecular flexibility index (Phi) is 7.61. The molecule has 1 aliphatic carbocycles. The smallest absolute Gasteiger partial charge is 0.357 e. The number of esters is 1. The third kappa shape index (κ3) is 5.93. The number of hydrogen-bond donors (Lipinski definition) is 3. The van der Waals surface area contributed by atoms with E-state index in [-0.39, 0.29) is 23.5 Å². The zero-order valence-corrected chi connectivity index (χ0v) is 17.5. The topological polar surface area (TPSA) is 113 Å². The summed E-state index contributed by atoms with van der Waals surface area (Å²) in [5.74, 6) is -0.582. The molecule has 3 N–H and O–H groups in total. The number of rotatable bonds is 5. The highest BCUT2D eigenvalue weighted by atomic mass is 32.1. The number of benzene rings is 1. The molecule has 9 nitrogen and oxygen atoms in total. The van der Waals surface area contributed by atoms with E-state index in [0.29, 0.717) is 5.69 Å². The summed E-state index contributed by atoms with van der Waals surface area (Å²) in [6, 6.07) is 7.80. The number of nitrogens with one attached hydrogen (secondary N) is 3. The molecule has 0 saturated heterocycles. The molecule has 1 fully saturated rings. The van der Waals surface area contributed by atoms with Crippen LogP contribution >= 0.6 is 11.3 Å². The molecule has 0 spiro atoms. The van der Waals surface area contributed by atoms with Gasteiger partial charge in [0.25, 0.3) is 0 Å². The molecule has 160 valence electrons.